The molecule has 0 aromatic heterocycles. The molecule has 0 fully saturated rings. The van der Waals surface area contributed by atoms with Crippen LogP contribution >= 0.6 is 0 Å². The third-order valence-electron chi connectivity index (χ3n) is 1.92. The number of alkyl halides is 1. The number of hydrogen-bond donors (Lipinski definition) is 1. The lowest BCUT2D eigenvalue weighted by Crippen LogP contribution is -2.36. The van der Waals surface area contributed by atoms with Crippen molar-refractivity contribution in [3.63, 3.8) is 0 Å². The Kier molecular flexibility index (Phi) is 2.57. The first kappa shape index (κ1) is 9.32. The van der Waals surface area contributed by atoms with E-state index in [4.69, 9.17) is 5.73 Å². The van der Waals surface area contributed by atoms with Gasteiger partial charge in [0.25, 0.3) is 0 Å². The Morgan fingerprint density at radius 1 is 1.50 bits per heavy atom. The molecule has 0 radical (unpaired) electrons. The van der Waals surface area contributed by atoms with Gasteiger partial charge in [-0.2, -0.15) is 0 Å². The van der Waals surface area contributed by atoms with E-state index in [1.54, 1.807) is 6.92 Å². The molecule has 12 heavy (non-hydrogen) atoms. The maximum Gasteiger partial charge on any atom is 0.146 e. The summed E-state index contributed by atoms with van der Waals surface area (Å²) in [5.41, 5.74) is 5.08. The molecule has 2 N–H and O–H groups in total. The van der Waals surface area contributed by atoms with Gasteiger partial charge in [0.05, 0.1) is 6.04 Å². The van der Waals surface area contributed by atoms with E-state index in [0.717, 1.165) is 0 Å². The van der Waals surface area contributed by atoms with Crippen molar-refractivity contribution in [3.8, 4) is 0 Å². The minimum Gasteiger partial charge on any atom is -0.319 e. The lowest BCUT2D eigenvalue weighted by Gasteiger charge is -2.21. The first-order valence-electron chi connectivity index (χ1n) is 3.73. The minimum absolute atomic E-state index is 0.0519. The normalized spacial score (nSPS) is 30.6. The highest BCUT2D eigenvalue weighted by Crippen LogP contribution is 2.29. The van der Waals surface area contributed by atoms with Crippen molar-refractivity contribution < 1.29 is 13.2 Å². The molecule has 2 atom stereocenters. The van der Waals surface area contributed by atoms with Crippen molar-refractivity contribution in [2.75, 3.05) is 0 Å². The van der Waals surface area contributed by atoms with Gasteiger partial charge in [0, 0.05) is 11.6 Å². The summed E-state index contributed by atoms with van der Waals surface area (Å²) in [4.78, 5) is 0. The Morgan fingerprint density at radius 3 is 2.58 bits per heavy atom. The van der Waals surface area contributed by atoms with E-state index in [9.17, 15) is 13.2 Å². The molecule has 1 aliphatic carbocycles. The van der Waals surface area contributed by atoms with Crippen LogP contribution in [0.1, 0.15) is 13.3 Å². The SMILES string of the molecule is CCC1=C(F)C=C(F)C(N)[C@@H]1F. The number of allylic oxidation sites excluding steroid dienone is 2. The monoisotopic (exact) mass is 177 g/mol. The molecule has 0 heterocycles. The quantitative estimate of drug-likeness (QED) is 0.652. The Labute approximate surface area is 68.7 Å². The van der Waals surface area contributed by atoms with Crippen LogP contribution in [0.25, 0.3) is 0 Å². The summed E-state index contributed by atoms with van der Waals surface area (Å²) >= 11 is 0. The average Bonchev–Trinajstić information content (AvgIpc) is 2.01. The van der Waals surface area contributed by atoms with Crippen LogP contribution in [0.5, 0.6) is 0 Å². The van der Waals surface area contributed by atoms with Crippen LogP contribution < -0.4 is 5.73 Å². The molecule has 4 heteroatoms. The molecule has 1 aliphatic rings. The van der Waals surface area contributed by atoms with Gasteiger partial charge in [0.2, 0.25) is 0 Å². The third-order valence-corrected chi connectivity index (χ3v) is 1.92. The van der Waals surface area contributed by atoms with Crippen molar-refractivity contribution >= 4 is 0 Å². The largest absolute Gasteiger partial charge is 0.319 e. The maximum absolute atomic E-state index is 13.0. The van der Waals surface area contributed by atoms with Gasteiger partial charge in [0.15, 0.2) is 0 Å². The number of nitrogens with two attached hydrogens (primary N) is 1. The molecule has 0 saturated heterocycles. The molecular weight excluding hydrogens is 167 g/mol. The smallest absolute Gasteiger partial charge is 0.146 e. The van der Waals surface area contributed by atoms with Crippen LogP contribution in [0.4, 0.5) is 13.2 Å². The summed E-state index contributed by atoms with van der Waals surface area (Å²) in [6.45, 7) is 1.60. The van der Waals surface area contributed by atoms with Crippen molar-refractivity contribution in [2.24, 2.45) is 5.73 Å². The van der Waals surface area contributed by atoms with E-state index in [0.29, 0.717) is 6.08 Å². The summed E-state index contributed by atoms with van der Waals surface area (Å²) in [5.74, 6) is -1.76. The molecule has 0 aromatic carbocycles. The van der Waals surface area contributed by atoms with Gasteiger partial charge < -0.3 is 5.73 Å². The number of hydrogen-bond acceptors (Lipinski definition) is 1. The van der Waals surface area contributed by atoms with Gasteiger partial charge in [-0.15, -0.1) is 0 Å². The fourth-order valence-corrected chi connectivity index (χ4v) is 1.16. The minimum atomic E-state index is -1.72. The number of rotatable bonds is 1. The van der Waals surface area contributed by atoms with Crippen LogP contribution in [0.2, 0.25) is 0 Å². The Morgan fingerprint density at radius 2 is 2.08 bits per heavy atom. The second kappa shape index (κ2) is 3.31. The summed E-state index contributed by atoms with van der Waals surface area (Å²) in [6, 6.07) is -1.33. The topological polar surface area (TPSA) is 26.0 Å². The van der Waals surface area contributed by atoms with Gasteiger partial charge in [-0.3, -0.25) is 0 Å². The summed E-state index contributed by atoms with van der Waals surface area (Å²) < 4.78 is 38.4. The molecule has 0 spiro atoms. The van der Waals surface area contributed by atoms with Gasteiger partial charge in [-0.25, -0.2) is 13.2 Å². The predicted octanol–water partition coefficient (Wildman–Crippen LogP) is 2.15. The fourth-order valence-electron chi connectivity index (χ4n) is 1.16. The van der Waals surface area contributed by atoms with E-state index in [-0.39, 0.29) is 12.0 Å². The van der Waals surface area contributed by atoms with E-state index in [1.165, 1.54) is 0 Å². The Balaban J connectivity index is 3.02. The van der Waals surface area contributed by atoms with E-state index < -0.39 is 23.9 Å². The Bertz CT molecular complexity index is 245. The molecular formula is C8H10F3N. The lowest BCUT2D eigenvalue weighted by molar-refractivity contribution is 0.301. The molecule has 68 valence electrons. The van der Waals surface area contributed by atoms with Gasteiger partial charge >= 0.3 is 0 Å². The molecule has 0 saturated carbocycles. The highest BCUT2D eigenvalue weighted by Gasteiger charge is 2.30. The van der Waals surface area contributed by atoms with Gasteiger partial charge in [-0.05, 0) is 6.42 Å². The maximum atomic E-state index is 13.0. The lowest BCUT2D eigenvalue weighted by atomic mass is 9.95. The number of halogens is 3. The highest BCUT2D eigenvalue weighted by atomic mass is 19.2. The zero-order valence-corrected chi connectivity index (χ0v) is 6.65. The van der Waals surface area contributed by atoms with E-state index in [1.807, 2.05) is 0 Å². The molecule has 1 nitrogen and oxygen atoms in total. The zero-order valence-electron chi connectivity index (χ0n) is 6.65. The summed E-state index contributed by atoms with van der Waals surface area (Å²) in [7, 11) is 0. The highest BCUT2D eigenvalue weighted by molar-refractivity contribution is 5.33. The average molecular weight is 177 g/mol. The van der Waals surface area contributed by atoms with Crippen molar-refractivity contribution in [1.82, 2.24) is 0 Å². The second-order valence-electron chi connectivity index (χ2n) is 2.68. The van der Waals surface area contributed by atoms with E-state index >= 15 is 0 Å². The van der Waals surface area contributed by atoms with E-state index in [2.05, 4.69) is 0 Å². The first-order chi connectivity index (χ1) is 5.57. The fraction of sp³-hybridized carbons (Fsp3) is 0.500. The van der Waals surface area contributed by atoms with Crippen molar-refractivity contribution in [1.29, 1.82) is 0 Å². The third kappa shape index (κ3) is 1.39. The molecule has 0 bridgehead atoms. The van der Waals surface area contributed by atoms with Crippen LogP contribution in [0, 0.1) is 0 Å². The van der Waals surface area contributed by atoms with Crippen LogP contribution in [-0.4, -0.2) is 12.2 Å². The second-order valence-corrected chi connectivity index (χ2v) is 2.68. The predicted molar refractivity (Wildman–Crippen MR) is 40.5 cm³/mol. The van der Waals surface area contributed by atoms with Gasteiger partial charge in [0.1, 0.15) is 17.8 Å². The molecule has 0 aliphatic heterocycles. The molecule has 0 amide bonds. The summed E-state index contributed by atoms with van der Waals surface area (Å²) in [5, 5.41) is 0. The molecule has 1 rings (SSSR count). The summed E-state index contributed by atoms with van der Waals surface area (Å²) in [6.07, 6.45) is -0.857. The van der Waals surface area contributed by atoms with Crippen LogP contribution in [0.15, 0.2) is 23.3 Å². The van der Waals surface area contributed by atoms with Crippen LogP contribution in [0.3, 0.4) is 0 Å². The first-order valence-corrected chi connectivity index (χ1v) is 3.73. The van der Waals surface area contributed by atoms with Crippen molar-refractivity contribution in [3.05, 3.63) is 23.3 Å². The van der Waals surface area contributed by atoms with Crippen molar-refractivity contribution in [2.45, 2.75) is 25.6 Å². The molecule has 0 aromatic rings. The van der Waals surface area contributed by atoms with Crippen LogP contribution in [-0.2, 0) is 0 Å². The standard InChI is InChI=1S/C8H10F3N/c1-2-4-5(9)3-6(10)8(12)7(4)11/h3,7-8H,2,12H2,1H3/t7-,8?/m1/s1. The zero-order chi connectivity index (χ0) is 9.30. The Hall–Kier alpha value is -0.770. The van der Waals surface area contributed by atoms with Gasteiger partial charge in [-0.1, -0.05) is 6.92 Å². The molecule has 1 unspecified atom stereocenters.